The summed E-state index contributed by atoms with van der Waals surface area (Å²) in [6.07, 6.45) is 4.52. The van der Waals surface area contributed by atoms with E-state index in [-0.39, 0.29) is 34.8 Å². The van der Waals surface area contributed by atoms with E-state index in [0.717, 1.165) is 32.1 Å². The van der Waals surface area contributed by atoms with Crippen molar-refractivity contribution in [1.29, 1.82) is 0 Å². The summed E-state index contributed by atoms with van der Waals surface area (Å²) in [5, 5.41) is 6.24. The third-order valence-electron chi connectivity index (χ3n) is 5.46. The normalized spacial score (nSPS) is 32.3. The van der Waals surface area contributed by atoms with Gasteiger partial charge in [0, 0.05) is 24.0 Å². The maximum Gasteiger partial charge on any atom is 0.310 e. The second-order valence-corrected chi connectivity index (χ2v) is 8.45. The molecule has 132 valence electrons. The summed E-state index contributed by atoms with van der Waals surface area (Å²) in [5.41, 5.74) is -0.254. The monoisotopic (exact) mass is 324 g/mol. The number of hydrogen-bond donors (Lipinski definition) is 2. The molecule has 2 fully saturated rings. The molecule has 1 saturated heterocycles. The molecule has 1 saturated carbocycles. The number of hydrogen-bond acceptors (Lipinski definition) is 4. The van der Waals surface area contributed by atoms with Crippen LogP contribution in [0.15, 0.2) is 0 Å². The lowest BCUT2D eigenvalue weighted by Crippen LogP contribution is -2.46. The molecule has 1 aliphatic heterocycles. The number of nitrogens with one attached hydrogen (secondary N) is 2. The predicted octanol–water partition coefficient (Wildman–Crippen LogP) is 2.25. The Balaban J connectivity index is 1.79. The van der Waals surface area contributed by atoms with E-state index >= 15 is 0 Å². The van der Waals surface area contributed by atoms with Crippen molar-refractivity contribution >= 4 is 11.9 Å². The molecule has 23 heavy (non-hydrogen) atoms. The zero-order valence-corrected chi connectivity index (χ0v) is 15.2. The van der Waals surface area contributed by atoms with Crippen LogP contribution in [-0.4, -0.2) is 36.6 Å². The third-order valence-corrected chi connectivity index (χ3v) is 5.46. The number of ether oxygens (including phenoxy) is 1. The Morgan fingerprint density at radius 3 is 2.22 bits per heavy atom. The molecule has 2 rings (SSSR count). The molecular weight excluding hydrogens is 292 g/mol. The van der Waals surface area contributed by atoms with Crippen LogP contribution in [0, 0.1) is 17.8 Å². The first-order chi connectivity index (χ1) is 10.6. The van der Waals surface area contributed by atoms with E-state index < -0.39 is 0 Å². The zero-order chi connectivity index (χ0) is 17.3. The molecule has 5 nitrogen and oxygen atoms in total. The van der Waals surface area contributed by atoms with E-state index in [1.54, 1.807) is 7.05 Å². The van der Waals surface area contributed by atoms with Crippen molar-refractivity contribution < 1.29 is 14.3 Å². The number of esters is 1. The molecule has 0 spiro atoms. The van der Waals surface area contributed by atoms with Crippen LogP contribution in [0.3, 0.4) is 0 Å². The fourth-order valence-electron chi connectivity index (χ4n) is 4.25. The van der Waals surface area contributed by atoms with Gasteiger partial charge in [0.2, 0.25) is 5.91 Å². The first kappa shape index (κ1) is 18.2. The molecule has 1 aliphatic carbocycles. The van der Waals surface area contributed by atoms with Gasteiger partial charge in [-0.25, -0.2) is 0 Å². The molecule has 2 aliphatic rings. The number of rotatable bonds is 4. The lowest BCUT2D eigenvalue weighted by atomic mass is 9.82. The molecular formula is C18H32N2O3. The fraction of sp³-hybridized carbons (Fsp3) is 0.889. The second kappa shape index (κ2) is 6.80. The van der Waals surface area contributed by atoms with Crippen LogP contribution in [0.2, 0.25) is 0 Å². The zero-order valence-electron chi connectivity index (χ0n) is 15.2. The van der Waals surface area contributed by atoms with E-state index in [4.69, 9.17) is 4.74 Å². The van der Waals surface area contributed by atoms with Gasteiger partial charge in [-0.2, -0.15) is 0 Å². The molecule has 0 aromatic rings. The van der Waals surface area contributed by atoms with Gasteiger partial charge in [-0.3, -0.25) is 9.59 Å². The van der Waals surface area contributed by atoms with Crippen LogP contribution in [-0.2, 0) is 14.3 Å². The van der Waals surface area contributed by atoms with Crippen molar-refractivity contribution in [1.82, 2.24) is 10.6 Å². The van der Waals surface area contributed by atoms with Gasteiger partial charge in [0.15, 0.2) is 0 Å². The van der Waals surface area contributed by atoms with E-state index in [2.05, 4.69) is 38.3 Å². The van der Waals surface area contributed by atoms with Crippen molar-refractivity contribution in [3.05, 3.63) is 0 Å². The predicted molar refractivity (Wildman–Crippen MR) is 89.9 cm³/mol. The smallest absolute Gasteiger partial charge is 0.310 e. The number of amides is 1. The van der Waals surface area contributed by atoms with E-state index in [9.17, 15) is 9.59 Å². The molecule has 1 unspecified atom stereocenters. The average molecular weight is 324 g/mol. The highest BCUT2D eigenvalue weighted by Gasteiger charge is 2.48. The minimum atomic E-state index is -0.225. The Hall–Kier alpha value is -1.10. The fourth-order valence-corrected chi connectivity index (χ4v) is 4.25. The molecule has 2 N–H and O–H groups in total. The summed E-state index contributed by atoms with van der Waals surface area (Å²) >= 11 is 0. The van der Waals surface area contributed by atoms with Gasteiger partial charge >= 0.3 is 5.97 Å². The molecule has 0 aromatic heterocycles. The molecule has 5 heteroatoms. The van der Waals surface area contributed by atoms with Gasteiger partial charge in [0.25, 0.3) is 0 Å². The van der Waals surface area contributed by atoms with E-state index in [1.165, 1.54) is 0 Å². The summed E-state index contributed by atoms with van der Waals surface area (Å²) in [7, 11) is 1.69. The molecule has 0 radical (unpaired) electrons. The minimum absolute atomic E-state index is 0.0290. The first-order valence-corrected chi connectivity index (χ1v) is 8.82. The van der Waals surface area contributed by atoms with Crippen LogP contribution in [0.25, 0.3) is 0 Å². The highest BCUT2D eigenvalue weighted by molar-refractivity contribution is 5.78. The summed E-state index contributed by atoms with van der Waals surface area (Å²) in [4.78, 5) is 24.1. The summed E-state index contributed by atoms with van der Waals surface area (Å²) in [6.45, 7) is 8.89. The molecule has 0 aromatic carbocycles. The van der Waals surface area contributed by atoms with Crippen molar-refractivity contribution in [3.8, 4) is 0 Å². The summed E-state index contributed by atoms with van der Waals surface area (Å²) in [5.74, 6) is 0.485. The Labute approximate surface area is 139 Å². The van der Waals surface area contributed by atoms with Crippen molar-refractivity contribution in [2.45, 2.75) is 70.9 Å². The van der Waals surface area contributed by atoms with Crippen LogP contribution in [0.4, 0.5) is 0 Å². The van der Waals surface area contributed by atoms with E-state index in [1.807, 2.05) is 0 Å². The third kappa shape index (κ3) is 4.46. The Kier molecular flexibility index (Phi) is 5.39. The van der Waals surface area contributed by atoms with Crippen LogP contribution >= 0.6 is 0 Å². The molecule has 0 bridgehead atoms. The lowest BCUT2D eigenvalue weighted by molar-refractivity contribution is -0.152. The highest BCUT2D eigenvalue weighted by Crippen LogP contribution is 2.37. The summed E-state index contributed by atoms with van der Waals surface area (Å²) in [6, 6.07) is 0. The second-order valence-electron chi connectivity index (χ2n) is 8.45. The van der Waals surface area contributed by atoms with Crippen LogP contribution < -0.4 is 10.6 Å². The summed E-state index contributed by atoms with van der Waals surface area (Å²) < 4.78 is 5.64. The Bertz CT molecular complexity index is 451. The molecule has 1 atom stereocenters. The van der Waals surface area contributed by atoms with Crippen molar-refractivity contribution in [2.24, 2.45) is 17.8 Å². The maximum absolute atomic E-state index is 12.5. The van der Waals surface area contributed by atoms with Gasteiger partial charge in [-0.15, -0.1) is 0 Å². The van der Waals surface area contributed by atoms with Crippen LogP contribution in [0.5, 0.6) is 0 Å². The Morgan fingerprint density at radius 1 is 1.13 bits per heavy atom. The van der Waals surface area contributed by atoms with Crippen molar-refractivity contribution in [2.75, 3.05) is 13.7 Å². The Morgan fingerprint density at radius 2 is 1.74 bits per heavy atom. The largest absolute Gasteiger partial charge is 0.465 e. The SMILES string of the molecule is CNC(=O)C1CCC(COC(=O)C2CC(C)(C)NC2(C)C)CC1. The molecule has 1 amide bonds. The number of carbonyl (C=O) groups is 2. The average Bonchev–Trinajstić information content (AvgIpc) is 2.72. The standard InChI is InChI=1S/C18H32N2O3/c1-17(2)10-14(18(3,4)20-17)16(22)23-11-12-6-8-13(9-7-12)15(21)19-5/h12-14,20H,6-11H2,1-5H3,(H,19,21). The molecule has 1 heterocycles. The van der Waals surface area contributed by atoms with Gasteiger partial charge in [0.05, 0.1) is 12.5 Å². The topological polar surface area (TPSA) is 67.4 Å². The van der Waals surface area contributed by atoms with Gasteiger partial charge in [-0.05, 0) is 65.7 Å². The highest BCUT2D eigenvalue weighted by atomic mass is 16.5. The van der Waals surface area contributed by atoms with Gasteiger partial charge in [0.1, 0.15) is 0 Å². The van der Waals surface area contributed by atoms with Gasteiger partial charge in [-0.1, -0.05) is 0 Å². The van der Waals surface area contributed by atoms with E-state index in [0.29, 0.717) is 12.5 Å². The van der Waals surface area contributed by atoms with Gasteiger partial charge < -0.3 is 15.4 Å². The first-order valence-electron chi connectivity index (χ1n) is 8.82. The minimum Gasteiger partial charge on any atom is -0.465 e. The number of carbonyl (C=O) groups excluding carboxylic acids is 2. The maximum atomic E-state index is 12.5. The van der Waals surface area contributed by atoms with Crippen LogP contribution in [0.1, 0.15) is 59.8 Å². The quantitative estimate of drug-likeness (QED) is 0.778. The van der Waals surface area contributed by atoms with Crippen molar-refractivity contribution in [3.63, 3.8) is 0 Å². The lowest BCUT2D eigenvalue weighted by Gasteiger charge is -2.29.